The predicted molar refractivity (Wildman–Crippen MR) is 122 cm³/mol. The first-order valence-corrected chi connectivity index (χ1v) is 10.8. The van der Waals surface area contributed by atoms with Gasteiger partial charge in [-0.1, -0.05) is 0 Å². The van der Waals surface area contributed by atoms with E-state index < -0.39 is 0 Å². The number of anilines is 2. The Morgan fingerprint density at radius 1 is 1.18 bits per heavy atom. The lowest BCUT2D eigenvalue weighted by atomic mass is 10.1. The third kappa shape index (κ3) is 3.75. The van der Waals surface area contributed by atoms with Gasteiger partial charge in [0.15, 0.2) is 0 Å². The Bertz CT molecular complexity index is 1350. The number of amides is 1. The van der Waals surface area contributed by atoms with Gasteiger partial charge in [-0.2, -0.15) is 10.2 Å². The van der Waals surface area contributed by atoms with Crippen molar-refractivity contribution in [2.75, 3.05) is 5.32 Å². The van der Waals surface area contributed by atoms with E-state index >= 15 is 0 Å². The highest BCUT2D eigenvalue weighted by molar-refractivity contribution is 5.95. The first-order chi connectivity index (χ1) is 15.8. The van der Waals surface area contributed by atoms with Crippen LogP contribution in [0.2, 0.25) is 0 Å². The number of hydrogen-bond acceptors (Lipinski definition) is 7. The smallest absolute Gasteiger partial charge is 0.271 e. The fraction of sp³-hybridized carbons (Fsp3) is 0.364. The summed E-state index contributed by atoms with van der Waals surface area (Å²) >= 11 is 0. The minimum absolute atomic E-state index is 0.0239. The van der Waals surface area contributed by atoms with Crippen LogP contribution in [0.1, 0.15) is 34.6 Å². The molecule has 4 aromatic rings. The third-order valence-electron chi connectivity index (χ3n) is 5.95. The van der Waals surface area contributed by atoms with Crippen molar-refractivity contribution in [1.82, 2.24) is 44.0 Å². The number of aromatic nitrogens is 8. The molecule has 170 valence electrons. The van der Waals surface area contributed by atoms with Crippen LogP contribution in [0.25, 0.3) is 11.3 Å². The van der Waals surface area contributed by atoms with E-state index in [-0.39, 0.29) is 11.9 Å². The topological polar surface area (TPSA) is 112 Å². The number of aryl methyl sites for hydroxylation is 4. The monoisotopic (exact) mass is 446 g/mol. The third-order valence-corrected chi connectivity index (χ3v) is 5.95. The quantitative estimate of drug-likeness (QED) is 0.500. The summed E-state index contributed by atoms with van der Waals surface area (Å²) in [6.45, 7) is 6.98. The zero-order valence-electron chi connectivity index (χ0n) is 19.3. The molecule has 1 amide bonds. The van der Waals surface area contributed by atoms with Gasteiger partial charge in [-0.15, -0.1) is 0 Å². The highest BCUT2D eigenvalue weighted by Crippen LogP contribution is 2.29. The molecule has 11 heteroatoms. The van der Waals surface area contributed by atoms with Crippen LogP contribution >= 0.6 is 0 Å². The first-order valence-electron chi connectivity index (χ1n) is 10.8. The molecule has 5 rings (SSSR count). The van der Waals surface area contributed by atoms with Crippen LogP contribution < -0.4 is 5.32 Å². The first kappa shape index (κ1) is 20.9. The van der Waals surface area contributed by atoms with Crippen LogP contribution in [0.5, 0.6) is 0 Å². The van der Waals surface area contributed by atoms with Crippen molar-refractivity contribution in [2.24, 2.45) is 14.1 Å². The van der Waals surface area contributed by atoms with Gasteiger partial charge in [0, 0.05) is 50.7 Å². The summed E-state index contributed by atoms with van der Waals surface area (Å²) in [7, 11) is 3.70. The maximum Gasteiger partial charge on any atom is 0.271 e. The number of fused-ring (bicyclic) bond motifs is 1. The molecule has 1 aliphatic rings. The minimum atomic E-state index is -0.0272. The van der Waals surface area contributed by atoms with Crippen molar-refractivity contribution in [3.05, 3.63) is 53.6 Å². The SMILES string of the molecule is Cc1nc(CN2C(=O)c3cc(-c4nc(Nc5ccnn5C)ncc4C)cn3C[C@@H]2C)n(C)n1. The van der Waals surface area contributed by atoms with Crippen LogP contribution in [0.3, 0.4) is 0 Å². The highest BCUT2D eigenvalue weighted by Gasteiger charge is 2.32. The lowest BCUT2D eigenvalue weighted by Crippen LogP contribution is -2.46. The second kappa shape index (κ2) is 7.84. The molecule has 33 heavy (non-hydrogen) atoms. The molecule has 1 N–H and O–H groups in total. The van der Waals surface area contributed by atoms with E-state index in [1.807, 2.05) is 55.7 Å². The van der Waals surface area contributed by atoms with E-state index in [9.17, 15) is 4.79 Å². The Hall–Kier alpha value is -4.02. The van der Waals surface area contributed by atoms with Gasteiger partial charge in [0.25, 0.3) is 5.91 Å². The second-order valence-electron chi connectivity index (χ2n) is 8.44. The summed E-state index contributed by atoms with van der Waals surface area (Å²) in [5, 5.41) is 11.6. The van der Waals surface area contributed by atoms with Gasteiger partial charge in [0.2, 0.25) is 5.95 Å². The van der Waals surface area contributed by atoms with E-state index in [0.717, 1.165) is 28.5 Å². The van der Waals surface area contributed by atoms with Gasteiger partial charge >= 0.3 is 0 Å². The van der Waals surface area contributed by atoms with Crippen molar-refractivity contribution in [3.8, 4) is 11.3 Å². The molecule has 0 bridgehead atoms. The molecule has 0 aliphatic carbocycles. The van der Waals surface area contributed by atoms with E-state index in [0.29, 0.717) is 30.6 Å². The zero-order chi connectivity index (χ0) is 23.3. The molecule has 1 aliphatic heterocycles. The van der Waals surface area contributed by atoms with E-state index in [1.165, 1.54) is 0 Å². The fourth-order valence-electron chi connectivity index (χ4n) is 4.18. The molecule has 0 fully saturated rings. The summed E-state index contributed by atoms with van der Waals surface area (Å²) < 4.78 is 5.46. The molecule has 1 atom stereocenters. The molecule has 11 nitrogen and oxygen atoms in total. The highest BCUT2D eigenvalue weighted by atomic mass is 16.2. The fourth-order valence-corrected chi connectivity index (χ4v) is 4.18. The van der Waals surface area contributed by atoms with Gasteiger partial charge in [-0.25, -0.2) is 15.0 Å². The Morgan fingerprint density at radius 2 is 2.00 bits per heavy atom. The average Bonchev–Trinajstić information content (AvgIpc) is 3.45. The van der Waals surface area contributed by atoms with Gasteiger partial charge < -0.3 is 14.8 Å². The summed E-state index contributed by atoms with van der Waals surface area (Å²) in [6, 6.07) is 3.79. The van der Waals surface area contributed by atoms with Crippen molar-refractivity contribution < 1.29 is 4.79 Å². The van der Waals surface area contributed by atoms with E-state index in [1.54, 1.807) is 21.8 Å². The molecule has 0 saturated carbocycles. The van der Waals surface area contributed by atoms with E-state index in [2.05, 4.69) is 32.4 Å². The Kier molecular flexibility index (Phi) is 4.95. The number of rotatable bonds is 5. The number of nitrogens with zero attached hydrogens (tertiary/aromatic N) is 9. The molecular weight excluding hydrogens is 420 g/mol. The Morgan fingerprint density at radius 3 is 2.70 bits per heavy atom. The molecule has 0 unspecified atom stereocenters. The number of hydrogen-bond donors (Lipinski definition) is 1. The van der Waals surface area contributed by atoms with Crippen molar-refractivity contribution in [2.45, 2.75) is 39.9 Å². The summed E-state index contributed by atoms with van der Waals surface area (Å²) in [5.41, 5.74) is 3.24. The maximum atomic E-state index is 13.4. The van der Waals surface area contributed by atoms with Crippen LogP contribution in [0.15, 0.2) is 30.7 Å². The lowest BCUT2D eigenvalue weighted by Gasteiger charge is -2.34. The zero-order valence-corrected chi connectivity index (χ0v) is 19.3. The second-order valence-corrected chi connectivity index (χ2v) is 8.44. The number of carbonyl (C=O) groups excluding carboxylic acids is 1. The molecule has 0 saturated heterocycles. The van der Waals surface area contributed by atoms with Gasteiger partial charge in [0.1, 0.15) is 23.2 Å². The normalized spacial score (nSPS) is 15.7. The Labute approximate surface area is 191 Å². The van der Waals surface area contributed by atoms with Crippen LogP contribution in [-0.4, -0.2) is 55.9 Å². The van der Waals surface area contributed by atoms with Crippen molar-refractivity contribution >= 4 is 17.7 Å². The predicted octanol–water partition coefficient (Wildman–Crippen LogP) is 2.21. The molecule has 0 spiro atoms. The largest absolute Gasteiger partial charge is 0.341 e. The molecule has 0 aromatic carbocycles. The van der Waals surface area contributed by atoms with Gasteiger partial charge in [0.05, 0.1) is 18.4 Å². The number of nitrogens with one attached hydrogen (secondary N) is 1. The summed E-state index contributed by atoms with van der Waals surface area (Å²) in [4.78, 5) is 28.8. The molecule has 5 heterocycles. The van der Waals surface area contributed by atoms with Crippen LogP contribution in [0, 0.1) is 13.8 Å². The Balaban J connectivity index is 1.45. The molecular formula is C22H26N10O. The minimum Gasteiger partial charge on any atom is -0.341 e. The van der Waals surface area contributed by atoms with Crippen LogP contribution in [0.4, 0.5) is 11.8 Å². The van der Waals surface area contributed by atoms with Gasteiger partial charge in [-0.3, -0.25) is 14.2 Å². The van der Waals surface area contributed by atoms with Gasteiger partial charge in [-0.05, 0) is 32.4 Å². The molecule has 0 radical (unpaired) electrons. The lowest BCUT2D eigenvalue weighted by molar-refractivity contribution is 0.0587. The summed E-state index contributed by atoms with van der Waals surface area (Å²) in [6.07, 6.45) is 5.49. The average molecular weight is 447 g/mol. The van der Waals surface area contributed by atoms with E-state index in [4.69, 9.17) is 4.98 Å². The van der Waals surface area contributed by atoms with Crippen molar-refractivity contribution in [3.63, 3.8) is 0 Å². The number of carbonyl (C=O) groups is 1. The van der Waals surface area contributed by atoms with Crippen LogP contribution in [-0.2, 0) is 27.2 Å². The standard InChI is InChI=1S/C22H26N10O/c1-13-9-23-22(26-18-6-7-24-29(18)4)27-20(13)16-8-17-21(33)32(14(2)10-31(17)11-16)12-19-25-15(3)28-30(19)5/h6-9,11,14H,10,12H2,1-5H3,(H,23,26,27)/t14-/m0/s1. The maximum absolute atomic E-state index is 13.4. The summed E-state index contributed by atoms with van der Waals surface area (Å²) in [5.74, 6) is 2.71. The molecule has 4 aromatic heterocycles. The van der Waals surface area contributed by atoms with Crippen molar-refractivity contribution in [1.29, 1.82) is 0 Å².